The fraction of sp³-hybridized carbons (Fsp3) is 0. The van der Waals surface area contributed by atoms with Crippen molar-refractivity contribution in [3.63, 3.8) is 0 Å². The van der Waals surface area contributed by atoms with Crippen LogP contribution in [0.15, 0.2) is 394 Å². The van der Waals surface area contributed by atoms with Crippen LogP contribution in [0.1, 0.15) is 0 Å². The monoisotopic (exact) mass is 1460 g/mol. The van der Waals surface area contributed by atoms with Gasteiger partial charge in [-0.3, -0.25) is 0 Å². The van der Waals surface area contributed by atoms with Crippen LogP contribution >= 0.6 is 0 Å². The minimum Gasteiger partial charge on any atom is -0.458 e. The Morgan fingerprint density at radius 2 is 0.435 bits per heavy atom. The summed E-state index contributed by atoms with van der Waals surface area (Å²) in [5.41, 5.74) is 37.2. The third-order valence-corrected chi connectivity index (χ3v) is 25.0. The lowest BCUT2D eigenvalue weighted by Gasteiger charge is -2.51. The van der Waals surface area contributed by atoms with Crippen LogP contribution in [0, 0.1) is 0 Å². The summed E-state index contributed by atoms with van der Waals surface area (Å²) in [7, 11) is 0. The Morgan fingerprint density at radius 1 is 0.174 bits per heavy atom. The standard InChI is InChI=1S/C102H65B4N7O2/c1-9-33-66(34-10-1)107(67-35-11-2-12-36-67)74-57-90-98-96(59-74)114-94-64-88-80(61-82(94)105(98)76-49-25-29-53-84(76)109(90)70-41-17-5-18-42-70)103-78-51-27-31-55-86(78)113-87-56-32-28-52-79(87)104-81-62-83-95(65-89(81)112(73-47-23-8-24-48-73)93-63-92(100(103)102(113)101(93)104)111(88)72-45-21-7-22-46-72)115-97-60-75(108(68-37-13-3-14-38-68)69-39-15-4-16-40-69)58-91-99(97)106(83)77-50-26-30-54-85(77)110(91)71-43-19-6-20-44-71/h1-65H. The Balaban J connectivity index is 0.738. The van der Waals surface area contributed by atoms with Gasteiger partial charge >= 0.3 is 0 Å². The number of fused-ring (bicyclic) bond motifs is 18. The number of nitrogens with zero attached hydrogens (tertiary/aromatic N) is 7. The first-order chi connectivity index (χ1) is 57.1. The molecule has 0 fully saturated rings. The highest BCUT2D eigenvalue weighted by molar-refractivity contribution is 7.06. The van der Waals surface area contributed by atoms with Gasteiger partial charge in [-0.15, -0.1) is 0 Å². The number of rotatable bonds is 10. The molecule has 0 aliphatic carbocycles. The minimum absolute atomic E-state index is 0.210. The van der Waals surface area contributed by atoms with Crippen molar-refractivity contribution in [2.24, 2.45) is 0 Å². The molecule has 532 valence electrons. The molecule has 17 aromatic carbocycles. The van der Waals surface area contributed by atoms with E-state index in [-0.39, 0.29) is 26.9 Å². The van der Waals surface area contributed by atoms with Gasteiger partial charge in [0.1, 0.15) is 23.0 Å². The predicted molar refractivity (Wildman–Crippen MR) is 481 cm³/mol. The van der Waals surface area contributed by atoms with Crippen molar-refractivity contribution < 1.29 is 9.47 Å². The molecule has 0 bridgehead atoms. The Bertz CT molecular complexity index is 6390. The van der Waals surface area contributed by atoms with Crippen LogP contribution in [0.3, 0.4) is 0 Å². The number of hydrogen-bond donors (Lipinski definition) is 0. The maximum Gasteiger partial charge on any atom is 0.256 e. The van der Waals surface area contributed by atoms with E-state index in [1.54, 1.807) is 0 Å². The van der Waals surface area contributed by atoms with Crippen LogP contribution in [-0.2, 0) is 0 Å². The maximum absolute atomic E-state index is 7.87. The van der Waals surface area contributed by atoms with Crippen LogP contribution in [0.5, 0.6) is 23.0 Å². The van der Waals surface area contributed by atoms with E-state index >= 15 is 0 Å². The van der Waals surface area contributed by atoms with Crippen molar-refractivity contribution in [2.75, 3.05) is 34.3 Å². The number of anilines is 21. The van der Waals surface area contributed by atoms with Crippen molar-refractivity contribution in [3.8, 4) is 23.0 Å². The van der Waals surface area contributed by atoms with Gasteiger partial charge < -0.3 is 43.8 Å². The average Bonchev–Trinajstić information content (AvgIpc) is 0.665. The highest BCUT2D eigenvalue weighted by Crippen LogP contribution is 2.54. The van der Waals surface area contributed by atoms with Crippen molar-refractivity contribution in [1.82, 2.24) is 0 Å². The van der Waals surface area contributed by atoms with Crippen LogP contribution in [0.4, 0.5) is 119 Å². The zero-order valence-electron chi connectivity index (χ0n) is 62.3. The molecule has 8 aliphatic rings. The molecule has 9 nitrogen and oxygen atoms in total. The lowest BCUT2D eigenvalue weighted by Crippen LogP contribution is -2.69. The Morgan fingerprint density at radius 3 is 0.757 bits per heavy atom. The van der Waals surface area contributed by atoms with E-state index in [1.807, 2.05) is 0 Å². The summed E-state index contributed by atoms with van der Waals surface area (Å²) < 4.78 is 15.7. The fourth-order valence-corrected chi connectivity index (χ4v) is 20.5. The largest absolute Gasteiger partial charge is 0.458 e. The lowest BCUT2D eigenvalue weighted by molar-refractivity contribution is 0.487. The van der Waals surface area contributed by atoms with Gasteiger partial charge in [-0.05, 0) is 205 Å². The van der Waals surface area contributed by atoms with Gasteiger partial charge in [0.2, 0.25) is 0 Å². The van der Waals surface area contributed by atoms with Gasteiger partial charge in [-0.25, -0.2) is 0 Å². The van der Waals surface area contributed by atoms with E-state index in [0.717, 1.165) is 147 Å². The second-order valence-electron chi connectivity index (χ2n) is 30.9. The van der Waals surface area contributed by atoms with E-state index < -0.39 is 0 Å². The summed E-state index contributed by atoms with van der Waals surface area (Å²) in [6.45, 7) is -0.871. The second kappa shape index (κ2) is 24.9. The van der Waals surface area contributed by atoms with E-state index in [2.05, 4.69) is 429 Å². The normalized spacial score (nSPS) is 13.7. The molecule has 13 heteroatoms. The van der Waals surface area contributed by atoms with Gasteiger partial charge in [0.05, 0.1) is 11.4 Å². The smallest absolute Gasteiger partial charge is 0.256 e. The SMILES string of the molecule is c1ccc(N(c2ccccc2)c2cc3c4c(c2)N(c2ccccc2)c2ccccc2B4c2cc4c(cc2O3)N(c2ccccc2)c2cc3c5c6c2B4c2ccccc2N6c2ccccc2B5c2cc4c(cc2N3c2ccccc2)Oc2cc(N(c3ccccc3)c3ccccc3)cc3c2B4c2ccccc2N3c2ccccc2)cc1. The third-order valence-electron chi connectivity index (χ3n) is 25.0. The maximum atomic E-state index is 7.87. The number of ether oxygens (including phenoxy) is 2. The molecule has 0 atom stereocenters. The van der Waals surface area contributed by atoms with Crippen molar-refractivity contribution in [1.29, 1.82) is 0 Å². The zero-order chi connectivity index (χ0) is 75.1. The summed E-state index contributed by atoms with van der Waals surface area (Å²) >= 11 is 0. The van der Waals surface area contributed by atoms with Crippen LogP contribution < -0.4 is 109 Å². The molecule has 17 aromatic rings. The molecule has 0 saturated heterocycles. The number of para-hydroxylation sites is 12. The molecule has 25 rings (SSSR count). The summed E-state index contributed by atoms with van der Waals surface area (Å²) in [5, 5.41) is 0. The first-order valence-electron chi connectivity index (χ1n) is 39.8. The second-order valence-corrected chi connectivity index (χ2v) is 30.9. The van der Waals surface area contributed by atoms with E-state index in [0.29, 0.717) is 0 Å². The van der Waals surface area contributed by atoms with E-state index in [9.17, 15) is 0 Å². The van der Waals surface area contributed by atoms with E-state index in [1.165, 1.54) is 60.8 Å². The molecule has 0 N–H and O–H groups in total. The molecule has 0 saturated carbocycles. The minimum atomic E-state index is -0.226. The Kier molecular flexibility index (Phi) is 13.8. The highest BCUT2D eigenvalue weighted by Gasteiger charge is 2.54. The lowest BCUT2D eigenvalue weighted by atomic mass is 9.27. The summed E-state index contributed by atoms with van der Waals surface area (Å²) in [4.78, 5) is 17.4. The van der Waals surface area contributed by atoms with Crippen LogP contribution in [-0.4, -0.2) is 26.9 Å². The van der Waals surface area contributed by atoms with Crippen molar-refractivity contribution in [2.45, 2.75) is 0 Å². The number of hydrogen-bond acceptors (Lipinski definition) is 9. The van der Waals surface area contributed by atoms with Gasteiger partial charge in [-0.1, -0.05) is 231 Å². The summed E-state index contributed by atoms with van der Waals surface area (Å²) in [5.74, 6) is 3.28. The molecule has 115 heavy (non-hydrogen) atoms. The Hall–Kier alpha value is -14.8. The zero-order valence-corrected chi connectivity index (χ0v) is 62.3. The molecule has 0 amide bonds. The summed E-state index contributed by atoms with van der Waals surface area (Å²) in [6.07, 6.45) is 0. The van der Waals surface area contributed by atoms with Gasteiger partial charge in [-0.2, -0.15) is 0 Å². The first kappa shape index (κ1) is 63.9. The highest BCUT2D eigenvalue weighted by atomic mass is 16.5. The van der Waals surface area contributed by atoms with Crippen LogP contribution in [0.25, 0.3) is 0 Å². The fourth-order valence-electron chi connectivity index (χ4n) is 20.5. The molecular formula is C102H65B4N7O2. The van der Waals surface area contributed by atoms with Gasteiger partial charge in [0.25, 0.3) is 26.9 Å². The third kappa shape index (κ3) is 9.31. The van der Waals surface area contributed by atoms with Gasteiger partial charge in [0, 0.05) is 132 Å². The molecule has 0 aromatic heterocycles. The number of benzene rings is 17. The summed E-state index contributed by atoms with van der Waals surface area (Å²) in [6, 6.07) is 145. The molecule has 8 aliphatic heterocycles. The van der Waals surface area contributed by atoms with E-state index in [4.69, 9.17) is 9.47 Å². The van der Waals surface area contributed by atoms with Crippen molar-refractivity contribution in [3.05, 3.63) is 394 Å². The Labute approximate surface area is 668 Å². The quantitative estimate of drug-likeness (QED) is 0.125. The predicted octanol–water partition coefficient (Wildman–Crippen LogP) is 18.1. The van der Waals surface area contributed by atoms with Crippen LogP contribution in [0.2, 0.25) is 0 Å². The molecular weight excluding hydrogens is 1400 g/mol. The topological polar surface area (TPSA) is 41.1 Å². The first-order valence-corrected chi connectivity index (χ1v) is 39.8. The van der Waals surface area contributed by atoms with Crippen molar-refractivity contribution >= 4 is 212 Å². The average molecular weight is 1460 g/mol. The molecule has 8 heterocycles. The van der Waals surface area contributed by atoms with Gasteiger partial charge in [0.15, 0.2) is 0 Å². The molecule has 0 unspecified atom stereocenters. The molecule has 0 radical (unpaired) electrons. The molecule has 0 spiro atoms.